The van der Waals surface area contributed by atoms with Crippen molar-refractivity contribution in [1.29, 1.82) is 0 Å². The fourth-order valence-electron chi connectivity index (χ4n) is 7.05. The highest BCUT2D eigenvalue weighted by atomic mass is 32.2. The lowest BCUT2D eigenvalue weighted by molar-refractivity contribution is -0.178. The molecule has 4 aliphatic rings. The lowest BCUT2D eigenvalue weighted by Crippen LogP contribution is -2.59. The van der Waals surface area contributed by atoms with E-state index >= 15 is 0 Å². The van der Waals surface area contributed by atoms with Crippen LogP contribution in [0.4, 0.5) is 8.78 Å². The Morgan fingerprint density at radius 3 is 2.22 bits per heavy atom. The Bertz CT molecular complexity index is 1160. The first kappa shape index (κ1) is 27.4. The fraction of sp³-hybridized carbons (Fsp3) is 0.667. The Kier molecular flexibility index (Phi) is 7.27. The average Bonchev–Trinajstić information content (AvgIpc) is 2.79. The number of esters is 1. The van der Waals surface area contributed by atoms with E-state index in [4.69, 9.17) is 32.8 Å². The van der Waals surface area contributed by atoms with Crippen molar-refractivity contribution in [2.45, 2.75) is 81.2 Å². The van der Waals surface area contributed by atoms with Gasteiger partial charge in [-0.2, -0.15) is 17.2 Å². The normalized spacial score (nSPS) is 29.3. The molecule has 0 aliphatic heterocycles. The molecule has 0 aromatic heterocycles. The predicted octanol–water partition coefficient (Wildman–Crippen LogP) is 3.02. The van der Waals surface area contributed by atoms with E-state index in [9.17, 15) is 26.8 Å². The van der Waals surface area contributed by atoms with E-state index in [1.165, 1.54) is 0 Å². The first-order chi connectivity index (χ1) is 16.8. The van der Waals surface area contributed by atoms with Gasteiger partial charge in [0.1, 0.15) is 11.4 Å². The minimum atomic E-state index is -5.61. The van der Waals surface area contributed by atoms with Gasteiger partial charge in [0.15, 0.2) is 0 Å². The molecule has 1 N–H and O–H groups in total. The van der Waals surface area contributed by atoms with E-state index < -0.39 is 51.0 Å². The smallest absolute Gasteiger partial charge is 0.370 e. The van der Waals surface area contributed by atoms with Crippen molar-refractivity contribution in [3.05, 3.63) is 34.4 Å². The zero-order valence-electron chi connectivity index (χ0n) is 20.0. The van der Waals surface area contributed by atoms with Crippen molar-refractivity contribution < 1.29 is 36.1 Å². The summed E-state index contributed by atoms with van der Waals surface area (Å²) in [5.74, 6) is -0.871. The van der Waals surface area contributed by atoms with Crippen LogP contribution in [0.3, 0.4) is 0 Å². The van der Waals surface area contributed by atoms with Gasteiger partial charge in [-0.3, -0.25) is 9.35 Å². The van der Waals surface area contributed by atoms with Crippen LogP contribution in [0.25, 0.3) is 0 Å². The highest BCUT2D eigenvalue weighted by Crippen LogP contribution is 2.63. The van der Waals surface area contributed by atoms with Crippen molar-refractivity contribution in [3.8, 4) is 0 Å². The van der Waals surface area contributed by atoms with Crippen molar-refractivity contribution in [3.63, 3.8) is 0 Å². The third-order valence-electron chi connectivity index (χ3n) is 8.21. The third-order valence-corrected chi connectivity index (χ3v) is 9.17. The van der Waals surface area contributed by atoms with Gasteiger partial charge in [-0.25, -0.2) is 4.79 Å². The molecule has 0 saturated heterocycles. The van der Waals surface area contributed by atoms with Crippen LogP contribution in [0.15, 0.2) is 12.1 Å². The molecule has 0 heterocycles. The zero-order valence-corrected chi connectivity index (χ0v) is 20.8. The Balaban J connectivity index is 1.59. The molecule has 6 nitrogen and oxygen atoms in total. The zero-order chi connectivity index (χ0) is 26.5. The van der Waals surface area contributed by atoms with Crippen molar-refractivity contribution in [2.75, 3.05) is 0 Å². The van der Waals surface area contributed by atoms with Gasteiger partial charge in [0.05, 0.1) is 29.1 Å². The summed E-state index contributed by atoms with van der Waals surface area (Å²) in [6.07, 6.45) is 1.66. The van der Waals surface area contributed by atoms with Crippen LogP contribution in [0.5, 0.6) is 0 Å². The number of ether oxygens (including phenoxy) is 1. The van der Waals surface area contributed by atoms with Crippen LogP contribution in [0, 0.1) is 17.3 Å². The molecule has 1 aromatic rings. The van der Waals surface area contributed by atoms with Crippen LogP contribution in [-0.2, 0) is 38.6 Å². The molecule has 0 amide bonds. The number of benzene rings is 1. The third kappa shape index (κ3) is 4.92. The molecular weight excluding hydrogens is 487 g/mol. The number of carbonyl (C=O) groups is 2. The molecule has 5 rings (SSSR count). The summed E-state index contributed by atoms with van der Waals surface area (Å²) in [4.78, 5) is 26.7. The van der Waals surface area contributed by atoms with E-state index in [-0.39, 0.29) is 42.8 Å². The van der Waals surface area contributed by atoms with Crippen LogP contribution in [0.1, 0.15) is 78.4 Å². The Labute approximate surface area is 214 Å². The second kappa shape index (κ2) is 9.57. The molecule has 1 aromatic carbocycles. The van der Waals surface area contributed by atoms with Gasteiger partial charge in [0.25, 0.3) is 0 Å². The summed E-state index contributed by atoms with van der Waals surface area (Å²) >= 11 is 0. The van der Waals surface area contributed by atoms with Crippen molar-refractivity contribution >= 4 is 45.4 Å². The number of carbonyl (C=O) groups excluding carboxylic acids is 2. The minimum Gasteiger partial charge on any atom is -0.455 e. The first-order valence-corrected chi connectivity index (χ1v) is 13.6. The number of ketones is 1. The SMILES string of the molecule is [B]Cc1cc(C[B])c(C[B])c(C(=O)OC23CC4CC(C2)CC(C(=O)CCC(F)(F)S(=O)(=O)O)(C4)C3)c1. The molecule has 2 atom stereocenters. The van der Waals surface area contributed by atoms with Crippen molar-refractivity contribution in [1.82, 2.24) is 0 Å². The lowest BCUT2D eigenvalue weighted by Gasteiger charge is -2.60. The maximum atomic E-state index is 13.8. The Morgan fingerprint density at radius 1 is 1.06 bits per heavy atom. The van der Waals surface area contributed by atoms with Crippen LogP contribution >= 0.6 is 0 Å². The minimum absolute atomic E-state index is 0.0739. The van der Waals surface area contributed by atoms with Crippen LogP contribution in [0.2, 0.25) is 0 Å². The van der Waals surface area contributed by atoms with E-state index in [0.717, 1.165) is 6.42 Å². The Hall–Kier alpha value is -1.68. The summed E-state index contributed by atoms with van der Waals surface area (Å²) in [5, 5.41) is -4.40. The highest BCUT2D eigenvalue weighted by Gasteiger charge is 2.62. The molecule has 4 aliphatic carbocycles. The second-order valence-corrected chi connectivity index (χ2v) is 12.3. The van der Waals surface area contributed by atoms with E-state index in [0.29, 0.717) is 42.4 Å². The van der Waals surface area contributed by atoms with Gasteiger partial charge in [-0.1, -0.05) is 36.2 Å². The summed E-state index contributed by atoms with van der Waals surface area (Å²) in [5.41, 5.74) is 0.377. The number of hydrogen-bond acceptors (Lipinski definition) is 5. The molecule has 188 valence electrons. The van der Waals surface area contributed by atoms with Gasteiger partial charge < -0.3 is 4.74 Å². The van der Waals surface area contributed by atoms with E-state index in [1.807, 2.05) is 0 Å². The van der Waals surface area contributed by atoms with Crippen molar-refractivity contribution in [2.24, 2.45) is 17.3 Å². The number of rotatable bonds is 10. The maximum Gasteiger partial charge on any atom is 0.370 e. The van der Waals surface area contributed by atoms with Crippen LogP contribution < -0.4 is 0 Å². The van der Waals surface area contributed by atoms with Gasteiger partial charge in [-0.05, 0) is 62.0 Å². The summed E-state index contributed by atoms with van der Waals surface area (Å²) in [7, 11) is 11.9. The quantitative estimate of drug-likeness (QED) is 0.293. The van der Waals surface area contributed by atoms with Gasteiger partial charge >= 0.3 is 21.3 Å². The average molecular weight is 514 g/mol. The van der Waals surface area contributed by atoms with E-state index in [1.54, 1.807) is 12.1 Å². The monoisotopic (exact) mass is 514 g/mol. The molecular formula is C24H27B3F2O6S. The number of Topliss-reactive ketones (excluding diaryl/α,β-unsaturated/α-hetero) is 1. The van der Waals surface area contributed by atoms with Gasteiger partial charge in [0, 0.05) is 18.3 Å². The largest absolute Gasteiger partial charge is 0.455 e. The first-order valence-electron chi connectivity index (χ1n) is 12.1. The molecule has 12 heteroatoms. The molecule has 36 heavy (non-hydrogen) atoms. The predicted molar refractivity (Wildman–Crippen MR) is 131 cm³/mol. The standard InChI is InChI=1S/C24H27B3F2O6S/c25-10-14-4-17(11-26)19(12-27)18(5-14)21(31)35-23-8-15-3-16(9-23)7-22(6-15,13-23)20(30)1-2-24(28,29)36(32,33)34/h4-5,15-16H,1-3,6-13H2,(H,32,33,34). The molecule has 4 fully saturated rings. The van der Waals surface area contributed by atoms with Crippen LogP contribution in [-0.4, -0.2) is 59.1 Å². The number of alkyl halides is 2. The second-order valence-electron chi connectivity index (χ2n) is 10.7. The molecule has 4 bridgehead atoms. The molecule has 6 radical (unpaired) electrons. The van der Waals surface area contributed by atoms with E-state index in [2.05, 4.69) is 0 Å². The molecule has 2 unspecified atom stereocenters. The van der Waals surface area contributed by atoms with Gasteiger partial charge in [0.2, 0.25) is 0 Å². The highest BCUT2D eigenvalue weighted by molar-refractivity contribution is 7.86. The number of hydrogen-bond donors (Lipinski definition) is 1. The fourth-order valence-corrected chi connectivity index (χ4v) is 7.41. The van der Waals surface area contributed by atoms with Gasteiger partial charge in [-0.15, -0.1) is 0 Å². The topological polar surface area (TPSA) is 97.7 Å². The Morgan fingerprint density at radius 2 is 1.69 bits per heavy atom. The lowest BCUT2D eigenvalue weighted by atomic mass is 9.46. The number of halogens is 2. The molecule has 0 spiro atoms. The maximum absolute atomic E-state index is 13.8. The molecule has 4 saturated carbocycles. The summed E-state index contributed by atoms with van der Waals surface area (Å²) in [6, 6.07) is 3.45. The summed E-state index contributed by atoms with van der Waals surface area (Å²) < 4.78 is 64.5. The summed E-state index contributed by atoms with van der Waals surface area (Å²) in [6.45, 7) is 0.